The van der Waals surface area contributed by atoms with E-state index in [1.807, 2.05) is 29.2 Å². The van der Waals surface area contributed by atoms with E-state index in [2.05, 4.69) is 15.5 Å². The van der Waals surface area contributed by atoms with Gasteiger partial charge in [-0.1, -0.05) is 23.7 Å². The van der Waals surface area contributed by atoms with Gasteiger partial charge in [-0.15, -0.1) is 0 Å². The minimum atomic E-state index is -0.285. The van der Waals surface area contributed by atoms with Gasteiger partial charge in [0.25, 0.3) is 5.91 Å². The van der Waals surface area contributed by atoms with Crippen molar-refractivity contribution in [1.29, 1.82) is 0 Å². The van der Waals surface area contributed by atoms with Crippen molar-refractivity contribution in [3.8, 4) is 11.5 Å². The molecule has 4 N–H and O–H groups in total. The molecule has 2 aromatic carbocycles. The van der Waals surface area contributed by atoms with Crippen molar-refractivity contribution in [2.75, 3.05) is 65.8 Å². The lowest BCUT2D eigenvalue weighted by Gasteiger charge is -2.38. The summed E-state index contributed by atoms with van der Waals surface area (Å²) in [7, 11) is 3.12. The van der Waals surface area contributed by atoms with Crippen molar-refractivity contribution in [2.24, 2.45) is 5.92 Å². The topological polar surface area (TPSA) is 118 Å². The summed E-state index contributed by atoms with van der Waals surface area (Å²) in [5.41, 5.74) is 7.55. The molecular weight excluding hydrogens is 522 g/mol. The highest BCUT2D eigenvalue weighted by molar-refractivity contribution is 6.33. The maximum atomic E-state index is 12.8. The minimum absolute atomic E-state index is 0.0227. The normalized spacial score (nSPS) is 18.4. The molecule has 2 heterocycles. The third-order valence-electron chi connectivity index (χ3n) is 7.30. The molecule has 2 aliphatic heterocycles. The Morgan fingerprint density at radius 3 is 2.51 bits per heavy atom. The van der Waals surface area contributed by atoms with Gasteiger partial charge in [0.15, 0.2) is 0 Å². The van der Waals surface area contributed by atoms with E-state index in [9.17, 15) is 9.59 Å². The van der Waals surface area contributed by atoms with Gasteiger partial charge in [-0.05, 0) is 42.5 Å². The number of amides is 3. The van der Waals surface area contributed by atoms with E-state index >= 15 is 0 Å². The summed E-state index contributed by atoms with van der Waals surface area (Å²) in [6.45, 7) is 5.53. The number of rotatable bonds is 9. The van der Waals surface area contributed by atoms with Crippen LogP contribution in [0, 0.1) is 5.92 Å². The molecule has 3 amide bonds. The molecule has 11 heteroatoms. The van der Waals surface area contributed by atoms with Gasteiger partial charge in [0.2, 0.25) is 0 Å². The smallest absolute Gasteiger partial charge is 0.317 e. The number of morpholine rings is 1. The Balaban J connectivity index is 1.17. The van der Waals surface area contributed by atoms with E-state index in [4.69, 9.17) is 31.5 Å². The number of urea groups is 1. The van der Waals surface area contributed by atoms with Crippen LogP contribution in [0.2, 0.25) is 5.02 Å². The number of nitrogen functional groups attached to an aromatic ring is 1. The number of carbonyl (C=O) groups is 2. The van der Waals surface area contributed by atoms with Gasteiger partial charge in [-0.25, -0.2) is 4.79 Å². The van der Waals surface area contributed by atoms with Crippen molar-refractivity contribution < 1.29 is 23.8 Å². The number of hydrogen-bond acceptors (Lipinski definition) is 7. The molecule has 39 heavy (non-hydrogen) atoms. The molecule has 10 nitrogen and oxygen atoms in total. The first-order chi connectivity index (χ1) is 18.9. The summed E-state index contributed by atoms with van der Waals surface area (Å²) in [6, 6.07) is 10.7. The molecule has 0 saturated carbocycles. The third kappa shape index (κ3) is 7.90. The Morgan fingerprint density at radius 1 is 1.08 bits per heavy atom. The van der Waals surface area contributed by atoms with Crippen molar-refractivity contribution in [1.82, 2.24) is 20.4 Å². The first kappa shape index (κ1) is 28.8. The summed E-state index contributed by atoms with van der Waals surface area (Å²) in [5.74, 6) is 1.41. The number of nitrogens with zero attached hydrogens (tertiary/aromatic N) is 2. The van der Waals surface area contributed by atoms with Gasteiger partial charge in [-0.2, -0.15) is 0 Å². The fourth-order valence-corrected chi connectivity index (χ4v) is 5.17. The third-order valence-corrected chi connectivity index (χ3v) is 7.62. The zero-order chi connectivity index (χ0) is 27.8. The van der Waals surface area contributed by atoms with Crippen LogP contribution in [-0.2, 0) is 11.3 Å². The molecule has 2 aromatic rings. The second-order valence-electron chi connectivity index (χ2n) is 9.97. The van der Waals surface area contributed by atoms with Crippen LogP contribution in [-0.4, -0.2) is 87.9 Å². The summed E-state index contributed by atoms with van der Waals surface area (Å²) >= 11 is 6.10. The Kier molecular flexibility index (Phi) is 10.1. The monoisotopic (exact) mass is 559 g/mol. The molecule has 1 atom stereocenters. The second kappa shape index (κ2) is 13.7. The van der Waals surface area contributed by atoms with Crippen LogP contribution in [0.25, 0.3) is 0 Å². The van der Waals surface area contributed by atoms with Crippen molar-refractivity contribution in [3.05, 3.63) is 52.5 Å². The van der Waals surface area contributed by atoms with Gasteiger partial charge in [0.05, 0.1) is 43.2 Å². The van der Waals surface area contributed by atoms with E-state index < -0.39 is 0 Å². The SMILES string of the molecule is COc1ccc(CNC(=O)N2CCC(CN3CCOC(CNC(=O)c4cc(Cl)c(N)cc4OC)C3)CC2)cc1. The maximum Gasteiger partial charge on any atom is 0.317 e. The van der Waals surface area contributed by atoms with Crippen LogP contribution in [0.4, 0.5) is 10.5 Å². The average molecular weight is 560 g/mol. The lowest BCUT2D eigenvalue weighted by atomic mass is 9.96. The zero-order valence-electron chi connectivity index (χ0n) is 22.6. The largest absolute Gasteiger partial charge is 0.497 e. The van der Waals surface area contributed by atoms with Crippen LogP contribution < -0.4 is 25.8 Å². The molecule has 2 fully saturated rings. The molecule has 2 aliphatic rings. The molecule has 0 radical (unpaired) electrons. The van der Waals surface area contributed by atoms with Crippen LogP contribution in [0.15, 0.2) is 36.4 Å². The highest BCUT2D eigenvalue weighted by Crippen LogP contribution is 2.29. The summed E-state index contributed by atoms with van der Waals surface area (Å²) in [5, 5.41) is 6.26. The number of nitrogens with two attached hydrogens (primary N) is 1. The highest BCUT2D eigenvalue weighted by atomic mass is 35.5. The molecule has 0 aromatic heterocycles. The zero-order valence-corrected chi connectivity index (χ0v) is 23.3. The quantitative estimate of drug-likeness (QED) is 0.404. The molecular formula is C28H38ClN5O5. The van der Waals surface area contributed by atoms with E-state index in [1.165, 1.54) is 13.2 Å². The Labute approximate surface area is 234 Å². The van der Waals surface area contributed by atoms with Gasteiger partial charge in [-0.3, -0.25) is 9.69 Å². The molecule has 0 aliphatic carbocycles. The predicted molar refractivity (Wildman–Crippen MR) is 150 cm³/mol. The first-order valence-corrected chi connectivity index (χ1v) is 13.6. The molecule has 2 saturated heterocycles. The van der Waals surface area contributed by atoms with E-state index in [0.29, 0.717) is 47.6 Å². The van der Waals surface area contributed by atoms with Gasteiger partial charge in [0.1, 0.15) is 11.5 Å². The summed E-state index contributed by atoms with van der Waals surface area (Å²) < 4.78 is 16.4. The number of nitrogens with one attached hydrogen (secondary N) is 2. The fraction of sp³-hybridized carbons (Fsp3) is 0.500. The lowest BCUT2D eigenvalue weighted by Crippen LogP contribution is -2.50. The Morgan fingerprint density at radius 2 is 1.82 bits per heavy atom. The minimum Gasteiger partial charge on any atom is -0.497 e. The number of likely N-dealkylation sites (tertiary alicyclic amines) is 1. The molecule has 0 bridgehead atoms. The number of methoxy groups -OCH3 is 2. The van der Waals surface area contributed by atoms with Crippen molar-refractivity contribution in [3.63, 3.8) is 0 Å². The number of anilines is 1. The fourth-order valence-electron chi connectivity index (χ4n) is 5.00. The van der Waals surface area contributed by atoms with E-state index in [0.717, 1.165) is 56.9 Å². The van der Waals surface area contributed by atoms with Gasteiger partial charge >= 0.3 is 6.03 Å². The van der Waals surface area contributed by atoms with Crippen molar-refractivity contribution in [2.45, 2.75) is 25.5 Å². The first-order valence-electron chi connectivity index (χ1n) is 13.3. The number of ether oxygens (including phenoxy) is 3. The number of halogens is 1. The van der Waals surface area contributed by atoms with Crippen LogP contribution >= 0.6 is 11.6 Å². The second-order valence-corrected chi connectivity index (χ2v) is 10.4. The number of hydrogen-bond donors (Lipinski definition) is 3. The summed E-state index contributed by atoms with van der Waals surface area (Å²) in [4.78, 5) is 29.7. The highest BCUT2D eigenvalue weighted by Gasteiger charge is 2.27. The van der Waals surface area contributed by atoms with Crippen molar-refractivity contribution >= 4 is 29.2 Å². The maximum absolute atomic E-state index is 12.8. The standard InChI is InChI=1S/C28H38ClN5O5/c1-37-21-5-3-19(4-6-21)15-32-28(36)34-9-7-20(8-10-34)17-33-11-12-39-22(18-33)16-31-27(35)23-13-24(29)25(30)14-26(23)38-2/h3-6,13-14,20,22H,7-12,15-18,30H2,1-2H3,(H,31,35)(H,32,36). The number of piperidine rings is 1. The van der Waals surface area contributed by atoms with E-state index in [1.54, 1.807) is 13.2 Å². The van der Waals surface area contributed by atoms with Crippen LogP contribution in [0.3, 0.4) is 0 Å². The van der Waals surface area contributed by atoms with Gasteiger partial charge in [0, 0.05) is 51.9 Å². The molecule has 4 rings (SSSR count). The lowest BCUT2D eigenvalue weighted by molar-refractivity contribution is -0.0330. The molecule has 1 unspecified atom stereocenters. The van der Waals surface area contributed by atoms with Crippen LogP contribution in [0.1, 0.15) is 28.8 Å². The molecule has 212 valence electrons. The summed E-state index contributed by atoms with van der Waals surface area (Å²) in [6.07, 6.45) is 1.82. The predicted octanol–water partition coefficient (Wildman–Crippen LogP) is 2.99. The number of benzene rings is 2. The van der Waals surface area contributed by atoms with Gasteiger partial charge < -0.3 is 35.5 Å². The van der Waals surface area contributed by atoms with Crippen LogP contribution in [0.5, 0.6) is 11.5 Å². The number of carbonyl (C=O) groups excluding carboxylic acids is 2. The van der Waals surface area contributed by atoms with E-state index in [-0.39, 0.29) is 18.0 Å². The average Bonchev–Trinajstić information content (AvgIpc) is 2.96. The Bertz CT molecular complexity index is 1120. The molecule has 0 spiro atoms. The Hall–Kier alpha value is -3.21.